The maximum absolute atomic E-state index is 11.5. The molecular weight excluding hydrogens is 204 g/mol. The van der Waals surface area contributed by atoms with Crippen LogP contribution in [0.5, 0.6) is 0 Å². The molecule has 3 nitrogen and oxygen atoms in total. The highest BCUT2D eigenvalue weighted by Crippen LogP contribution is 2.20. The summed E-state index contributed by atoms with van der Waals surface area (Å²) in [6.07, 6.45) is 8.50. The van der Waals surface area contributed by atoms with Crippen LogP contribution in [0, 0.1) is 5.41 Å². The van der Waals surface area contributed by atoms with Crippen molar-refractivity contribution in [2.45, 2.75) is 33.1 Å². The molecule has 3 heteroatoms. The summed E-state index contributed by atoms with van der Waals surface area (Å²) in [6.45, 7) is 4.02. The molecule has 0 aromatic heterocycles. The van der Waals surface area contributed by atoms with Crippen molar-refractivity contribution >= 4 is 5.97 Å². The zero-order chi connectivity index (χ0) is 12.0. The molecule has 0 aromatic carbocycles. The number of carbonyl (C=O) groups excluding carboxylic acids is 1. The third-order valence-electron chi connectivity index (χ3n) is 2.52. The van der Waals surface area contributed by atoms with Gasteiger partial charge in [-0.2, -0.15) is 0 Å². The van der Waals surface area contributed by atoms with Crippen molar-refractivity contribution in [1.29, 1.82) is 0 Å². The number of rotatable bonds is 5. The molecule has 16 heavy (non-hydrogen) atoms. The summed E-state index contributed by atoms with van der Waals surface area (Å²) in [4.78, 5) is 11.5. The average Bonchev–Trinajstić information content (AvgIpc) is 2.27. The van der Waals surface area contributed by atoms with E-state index < -0.39 is 5.41 Å². The normalized spacial score (nSPS) is 15.8. The van der Waals surface area contributed by atoms with Crippen LogP contribution >= 0.6 is 0 Å². The van der Waals surface area contributed by atoms with E-state index >= 15 is 0 Å². The van der Waals surface area contributed by atoms with Gasteiger partial charge in [0.05, 0.1) is 6.42 Å². The van der Waals surface area contributed by atoms with E-state index in [1.54, 1.807) is 0 Å². The Hall–Kier alpha value is -1.09. The molecule has 0 bridgehead atoms. The molecule has 0 atom stereocenters. The summed E-state index contributed by atoms with van der Waals surface area (Å²) >= 11 is 0. The van der Waals surface area contributed by atoms with Crippen molar-refractivity contribution in [1.82, 2.24) is 0 Å². The molecule has 0 aliphatic heterocycles. The Morgan fingerprint density at radius 2 is 2.25 bits per heavy atom. The van der Waals surface area contributed by atoms with Gasteiger partial charge in [-0.15, -0.1) is 0 Å². The van der Waals surface area contributed by atoms with Gasteiger partial charge in [0.1, 0.15) is 6.61 Å². The maximum Gasteiger partial charge on any atom is 0.306 e. The summed E-state index contributed by atoms with van der Waals surface area (Å²) in [5, 5.41) is 9.03. The fourth-order valence-corrected chi connectivity index (χ4v) is 1.44. The quantitative estimate of drug-likeness (QED) is 0.728. The highest BCUT2D eigenvalue weighted by molar-refractivity contribution is 5.70. The Kier molecular flexibility index (Phi) is 4.74. The van der Waals surface area contributed by atoms with Crippen LogP contribution in [0.4, 0.5) is 0 Å². The van der Waals surface area contributed by atoms with Gasteiger partial charge in [0.15, 0.2) is 0 Å². The molecule has 1 aliphatic rings. The van der Waals surface area contributed by atoms with Crippen LogP contribution in [-0.4, -0.2) is 24.3 Å². The number of hydrogen-bond acceptors (Lipinski definition) is 3. The molecule has 0 aromatic rings. The molecule has 0 fully saturated rings. The van der Waals surface area contributed by atoms with Gasteiger partial charge in [0.2, 0.25) is 0 Å². The van der Waals surface area contributed by atoms with E-state index in [-0.39, 0.29) is 19.0 Å². The van der Waals surface area contributed by atoms with Gasteiger partial charge in [-0.05, 0) is 23.8 Å². The molecule has 0 radical (unpaired) electrons. The topological polar surface area (TPSA) is 46.5 Å². The van der Waals surface area contributed by atoms with Gasteiger partial charge < -0.3 is 9.84 Å². The van der Waals surface area contributed by atoms with E-state index in [0.717, 1.165) is 18.4 Å². The van der Waals surface area contributed by atoms with Crippen LogP contribution in [0.15, 0.2) is 23.8 Å². The summed E-state index contributed by atoms with van der Waals surface area (Å²) in [5.41, 5.74) is 0.662. The number of hydrogen-bond donors (Lipinski definition) is 1. The number of carbonyl (C=O) groups is 1. The van der Waals surface area contributed by atoms with Crippen molar-refractivity contribution in [3.63, 3.8) is 0 Å². The SMILES string of the molecule is CC(C)(CO)CC(=O)OCC1=CCCC=C1. The lowest BCUT2D eigenvalue weighted by Gasteiger charge is -2.20. The molecule has 1 aliphatic carbocycles. The molecule has 0 amide bonds. The standard InChI is InChI=1S/C13H20O3/c1-13(2,10-14)8-12(15)16-9-11-6-4-3-5-7-11/h4,6-7,14H,3,5,8-10H2,1-2H3. The minimum absolute atomic E-state index is 0.00923. The molecular formula is C13H20O3. The first-order valence-electron chi connectivity index (χ1n) is 5.65. The third kappa shape index (κ3) is 4.62. The Morgan fingerprint density at radius 1 is 1.50 bits per heavy atom. The van der Waals surface area contributed by atoms with Gasteiger partial charge in [-0.25, -0.2) is 0 Å². The van der Waals surface area contributed by atoms with Crippen LogP contribution in [0.2, 0.25) is 0 Å². The van der Waals surface area contributed by atoms with E-state index in [2.05, 4.69) is 12.2 Å². The first-order valence-corrected chi connectivity index (χ1v) is 5.65. The molecule has 1 rings (SSSR count). The Labute approximate surface area is 96.8 Å². The maximum atomic E-state index is 11.5. The number of aliphatic hydroxyl groups excluding tert-OH is 1. The summed E-state index contributed by atoms with van der Waals surface area (Å²) in [6, 6.07) is 0. The van der Waals surface area contributed by atoms with Crippen molar-refractivity contribution < 1.29 is 14.6 Å². The smallest absolute Gasteiger partial charge is 0.306 e. The van der Waals surface area contributed by atoms with E-state index in [1.807, 2.05) is 19.9 Å². The van der Waals surface area contributed by atoms with Gasteiger partial charge in [0, 0.05) is 6.61 Å². The van der Waals surface area contributed by atoms with Gasteiger partial charge >= 0.3 is 5.97 Å². The minimum atomic E-state index is -0.395. The van der Waals surface area contributed by atoms with E-state index in [1.165, 1.54) is 0 Å². The molecule has 0 heterocycles. The van der Waals surface area contributed by atoms with Crippen LogP contribution in [-0.2, 0) is 9.53 Å². The highest BCUT2D eigenvalue weighted by Gasteiger charge is 2.21. The Balaban J connectivity index is 2.30. The van der Waals surface area contributed by atoms with E-state index in [4.69, 9.17) is 9.84 Å². The second-order valence-electron chi connectivity index (χ2n) is 4.92. The lowest BCUT2D eigenvalue weighted by Crippen LogP contribution is -2.23. The molecule has 0 saturated carbocycles. The predicted molar refractivity (Wildman–Crippen MR) is 62.9 cm³/mol. The molecule has 0 spiro atoms. The minimum Gasteiger partial charge on any atom is -0.461 e. The van der Waals surface area contributed by atoms with Gasteiger partial charge in [-0.1, -0.05) is 32.1 Å². The predicted octanol–water partition coefficient (Wildman–Crippen LogP) is 2.21. The fourth-order valence-electron chi connectivity index (χ4n) is 1.44. The summed E-state index contributed by atoms with van der Waals surface area (Å²) in [7, 11) is 0. The van der Waals surface area contributed by atoms with E-state index in [0.29, 0.717) is 6.61 Å². The van der Waals surface area contributed by atoms with Gasteiger partial charge in [-0.3, -0.25) is 4.79 Å². The summed E-state index contributed by atoms with van der Waals surface area (Å²) in [5.74, 6) is -0.251. The summed E-state index contributed by atoms with van der Waals surface area (Å²) < 4.78 is 5.15. The number of ether oxygens (including phenoxy) is 1. The average molecular weight is 224 g/mol. The Bertz CT molecular complexity index is 300. The number of aliphatic hydroxyl groups is 1. The van der Waals surface area contributed by atoms with Gasteiger partial charge in [0.25, 0.3) is 0 Å². The largest absolute Gasteiger partial charge is 0.461 e. The fraction of sp³-hybridized carbons (Fsp3) is 0.615. The second-order valence-corrected chi connectivity index (χ2v) is 4.92. The van der Waals surface area contributed by atoms with Crippen LogP contribution in [0.1, 0.15) is 33.1 Å². The highest BCUT2D eigenvalue weighted by atomic mass is 16.5. The first kappa shape index (κ1) is 13.0. The molecule has 90 valence electrons. The van der Waals surface area contributed by atoms with Crippen molar-refractivity contribution in [2.75, 3.05) is 13.2 Å². The van der Waals surface area contributed by atoms with Crippen LogP contribution in [0.3, 0.4) is 0 Å². The van der Waals surface area contributed by atoms with Crippen molar-refractivity contribution in [3.8, 4) is 0 Å². The third-order valence-corrected chi connectivity index (χ3v) is 2.52. The lowest BCUT2D eigenvalue weighted by molar-refractivity contribution is -0.145. The molecule has 0 unspecified atom stereocenters. The second kappa shape index (κ2) is 5.85. The first-order chi connectivity index (χ1) is 7.53. The van der Waals surface area contributed by atoms with Crippen molar-refractivity contribution in [2.24, 2.45) is 5.41 Å². The molecule has 0 saturated heterocycles. The lowest BCUT2D eigenvalue weighted by atomic mass is 9.91. The van der Waals surface area contributed by atoms with E-state index in [9.17, 15) is 4.79 Å². The zero-order valence-electron chi connectivity index (χ0n) is 10.0. The monoisotopic (exact) mass is 224 g/mol. The van der Waals surface area contributed by atoms with Crippen molar-refractivity contribution in [3.05, 3.63) is 23.8 Å². The van der Waals surface area contributed by atoms with Crippen LogP contribution < -0.4 is 0 Å². The zero-order valence-corrected chi connectivity index (χ0v) is 10.0. The molecule has 1 N–H and O–H groups in total. The number of esters is 1. The Morgan fingerprint density at radius 3 is 2.81 bits per heavy atom. The number of allylic oxidation sites excluding steroid dienone is 2. The van der Waals surface area contributed by atoms with Crippen LogP contribution in [0.25, 0.3) is 0 Å².